The summed E-state index contributed by atoms with van der Waals surface area (Å²) in [6.07, 6.45) is 4.11. The Labute approximate surface area is 110 Å². The zero-order valence-electron chi connectivity index (χ0n) is 9.91. The minimum Gasteiger partial charge on any atom is -0.361 e. The van der Waals surface area contributed by atoms with E-state index >= 15 is 0 Å². The van der Waals surface area contributed by atoms with Gasteiger partial charge < -0.3 is 4.90 Å². The van der Waals surface area contributed by atoms with Gasteiger partial charge in [0.25, 0.3) is 0 Å². The summed E-state index contributed by atoms with van der Waals surface area (Å²) in [5.41, 5.74) is 1.50. The molecule has 4 heteroatoms. The molecule has 0 saturated heterocycles. The number of nitrogens with zero attached hydrogens (tertiary/aromatic N) is 3. The third-order valence-corrected chi connectivity index (χ3v) is 3.96. The first-order valence-electron chi connectivity index (χ1n) is 6.02. The van der Waals surface area contributed by atoms with Crippen LogP contribution in [0.2, 0.25) is 0 Å². The van der Waals surface area contributed by atoms with E-state index < -0.39 is 0 Å². The number of nitriles is 1. The van der Waals surface area contributed by atoms with Crippen molar-refractivity contribution in [3.05, 3.63) is 46.4 Å². The zero-order valence-corrected chi connectivity index (χ0v) is 10.7. The van der Waals surface area contributed by atoms with E-state index in [0.717, 1.165) is 12.2 Å². The quantitative estimate of drug-likeness (QED) is 0.842. The molecular weight excluding hydrogens is 242 g/mol. The molecule has 0 bridgehead atoms. The lowest BCUT2D eigenvalue weighted by atomic mass is 10.2. The van der Waals surface area contributed by atoms with Gasteiger partial charge in [-0.3, -0.25) is 0 Å². The molecule has 3 nitrogen and oxygen atoms in total. The summed E-state index contributed by atoms with van der Waals surface area (Å²) in [7, 11) is 0. The van der Waals surface area contributed by atoms with E-state index in [0.29, 0.717) is 11.7 Å². The Bertz CT molecular complexity index is 567. The Hall–Kier alpha value is -1.86. The van der Waals surface area contributed by atoms with Crippen molar-refractivity contribution in [2.45, 2.75) is 25.4 Å². The van der Waals surface area contributed by atoms with Gasteiger partial charge in [-0.15, -0.1) is 11.3 Å². The van der Waals surface area contributed by atoms with E-state index in [1.165, 1.54) is 17.7 Å². The van der Waals surface area contributed by atoms with Crippen molar-refractivity contribution >= 4 is 17.0 Å². The van der Waals surface area contributed by atoms with Crippen LogP contribution in [0.3, 0.4) is 0 Å². The first-order valence-corrected chi connectivity index (χ1v) is 6.90. The molecule has 2 heterocycles. The zero-order chi connectivity index (χ0) is 12.4. The predicted octanol–water partition coefficient (Wildman–Crippen LogP) is 3.18. The molecule has 2 aromatic rings. The molecule has 0 radical (unpaired) electrons. The van der Waals surface area contributed by atoms with Crippen LogP contribution in [0.15, 0.2) is 35.8 Å². The van der Waals surface area contributed by atoms with Crippen LogP contribution in [0, 0.1) is 11.3 Å². The summed E-state index contributed by atoms with van der Waals surface area (Å²) in [6, 6.07) is 10.9. The fourth-order valence-corrected chi connectivity index (χ4v) is 2.79. The van der Waals surface area contributed by atoms with Crippen molar-refractivity contribution in [3.63, 3.8) is 0 Å². The molecule has 2 aromatic heterocycles. The van der Waals surface area contributed by atoms with Crippen LogP contribution in [-0.2, 0) is 6.54 Å². The summed E-state index contributed by atoms with van der Waals surface area (Å²) >= 11 is 1.76. The Kier molecular flexibility index (Phi) is 2.99. The van der Waals surface area contributed by atoms with E-state index in [1.54, 1.807) is 17.5 Å². The van der Waals surface area contributed by atoms with Gasteiger partial charge in [-0.25, -0.2) is 4.98 Å². The molecule has 0 N–H and O–H groups in total. The highest BCUT2D eigenvalue weighted by Gasteiger charge is 2.30. The lowest BCUT2D eigenvalue weighted by molar-refractivity contribution is 0.798. The van der Waals surface area contributed by atoms with Gasteiger partial charge in [0.1, 0.15) is 6.07 Å². The first-order chi connectivity index (χ1) is 8.88. The number of hydrogen-bond acceptors (Lipinski definition) is 4. The van der Waals surface area contributed by atoms with Crippen molar-refractivity contribution in [2.24, 2.45) is 0 Å². The standard InChI is InChI=1S/C14H13N3S/c15-9-13-14(4-1-7-16-13)17(11-5-6-11)10-12-3-2-8-18-12/h1-4,7-8,11H,5-6,10H2. The Morgan fingerprint density at radius 2 is 2.28 bits per heavy atom. The summed E-state index contributed by atoms with van der Waals surface area (Å²) in [4.78, 5) is 7.80. The molecule has 0 amide bonds. The lowest BCUT2D eigenvalue weighted by Crippen LogP contribution is -2.25. The van der Waals surface area contributed by atoms with E-state index in [9.17, 15) is 0 Å². The molecule has 1 saturated carbocycles. The number of aromatic nitrogens is 1. The van der Waals surface area contributed by atoms with Gasteiger partial charge in [0.2, 0.25) is 0 Å². The summed E-state index contributed by atoms with van der Waals surface area (Å²) in [6.45, 7) is 0.878. The van der Waals surface area contributed by atoms with Gasteiger partial charge in [0.15, 0.2) is 5.69 Å². The number of pyridine rings is 1. The van der Waals surface area contributed by atoms with Gasteiger partial charge >= 0.3 is 0 Å². The second-order valence-electron chi connectivity index (χ2n) is 4.42. The lowest BCUT2D eigenvalue weighted by Gasteiger charge is -2.24. The highest BCUT2D eigenvalue weighted by atomic mass is 32.1. The van der Waals surface area contributed by atoms with Crippen LogP contribution >= 0.6 is 11.3 Å². The third kappa shape index (κ3) is 2.22. The summed E-state index contributed by atoms with van der Waals surface area (Å²) in [5, 5.41) is 11.3. The molecule has 0 aliphatic heterocycles. The Balaban J connectivity index is 1.92. The fraction of sp³-hybridized carbons (Fsp3) is 0.286. The van der Waals surface area contributed by atoms with Crippen LogP contribution < -0.4 is 4.90 Å². The average Bonchev–Trinajstić information content (AvgIpc) is 3.13. The van der Waals surface area contributed by atoms with E-state index in [4.69, 9.17) is 5.26 Å². The number of hydrogen-bond donors (Lipinski definition) is 0. The number of thiophene rings is 1. The van der Waals surface area contributed by atoms with Gasteiger partial charge in [-0.05, 0) is 36.4 Å². The first kappa shape index (κ1) is 11.2. The van der Waals surface area contributed by atoms with E-state index in [1.807, 2.05) is 12.1 Å². The van der Waals surface area contributed by atoms with Crippen molar-refractivity contribution in [3.8, 4) is 6.07 Å². The molecule has 0 aromatic carbocycles. The van der Waals surface area contributed by atoms with Gasteiger partial charge in [-0.2, -0.15) is 5.26 Å². The molecule has 3 rings (SSSR count). The monoisotopic (exact) mass is 255 g/mol. The summed E-state index contributed by atoms with van der Waals surface area (Å²) in [5.74, 6) is 0. The van der Waals surface area contributed by atoms with Crippen LogP contribution in [0.5, 0.6) is 0 Å². The minimum absolute atomic E-state index is 0.529. The van der Waals surface area contributed by atoms with Crippen molar-refractivity contribution < 1.29 is 0 Å². The minimum atomic E-state index is 0.529. The topological polar surface area (TPSA) is 39.9 Å². The molecule has 1 aliphatic rings. The molecular formula is C14H13N3S. The molecule has 0 spiro atoms. The maximum absolute atomic E-state index is 9.16. The van der Waals surface area contributed by atoms with Crippen LogP contribution in [0.4, 0.5) is 5.69 Å². The van der Waals surface area contributed by atoms with Crippen molar-refractivity contribution in [1.82, 2.24) is 4.98 Å². The van der Waals surface area contributed by atoms with E-state index in [-0.39, 0.29) is 0 Å². The highest BCUT2D eigenvalue weighted by molar-refractivity contribution is 7.09. The molecule has 0 atom stereocenters. The van der Waals surface area contributed by atoms with Crippen molar-refractivity contribution in [2.75, 3.05) is 4.90 Å². The summed E-state index contributed by atoms with van der Waals surface area (Å²) < 4.78 is 0. The molecule has 18 heavy (non-hydrogen) atoms. The average molecular weight is 255 g/mol. The van der Waals surface area contributed by atoms with Gasteiger partial charge in [0, 0.05) is 17.1 Å². The van der Waals surface area contributed by atoms with Crippen LogP contribution in [0.1, 0.15) is 23.4 Å². The SMILES string of the molecule is N#Cc1ncccc1N(Cc1cccs1)C1CC1. The number of anilines is 1. The fourth-order valence-electron chi connectivity index (χ4n) is 2.08. The van der Waals surface area contributed by atoms with Gasteiger partial charge in [0.05, 0.1) is 12.2 Å². The Morgan fingerprint density at radius 1 is 1.39 bits per heavy atom. The second kappa shape index (κ2) is 4.79. The normalized spacial score (nSPS) is 14.2. The molecule has 0 unspecified atom stereocenters. The molecule has 1 aliphatic carbocycles. The van der Waals surface area contributed by atoms with Crippen LogP contribution in [-0.4, -0.2) is 11.0 Å². The van der Waals surface area contributed by atoms with Crippen LogP contribution in [0.25, 0.3) is 0 Å². The maximum Gasteiger partial charge on any atom is 0.163 e. The largest absolute Gasteiger partial charge is 0.361 e. The number of rotatable bonds is 4. The maximum atomic E-state index is 9.16. The predicted molar refractivity (Wildman–Crippen MR) is 72.5 cm³/mol. The molecule has 90 valence electrons. The third-order valence-electron chi connectivity index (χ3n) is 3.10. The smallest absolute Gasteiger partial charge is 0.163 e. The van der Waals surface area contributed by atoms with Crippen molar-refractivity contribution in [1.29, 1.82) is 5.26 Å². The molecule has 1 fully saturated rings. The Morgan fingerprint density at radius 3 is 2.94 bits per heavy atom. The van der Waals surface area contributed by atoms with E-state index in [2.05, 4.69) is 33.5 Å². The van der Waals surface area contributed by atoms with Gasteiger partial charge in [-0.1, -0.05) is 6.07 Å². The highest BCUT2D eigenvalue weighted by Crippen LogP contribution is 2.34. The second-order valence-corrected chi connectivity index (χ2v) is 5.45.